The summed E-state index contributed by atoms with van der Waals surface area (Å²) < 4.78 is 0. The predicted octanol–water partition coefficient (Wildman–Crippen LogP) is 2.82. The first-order valence-corrected chi connectivity index (χ1v) is 6.77. The quantitative estimate of drug-likeness (QED) is 0.791. The molecule has 1 saturated carbocycles. The molecule has 0 saturated heterocycles. The van der Waals surface area contributed by atoms with Crippen LogP contribution in [0.3, 0.4) is 0 Å². The second-order valence-electron chi connectivity index (χ2n) is 5.33. The smallest absolute Gasteiger partial charge is 0.0205 e. The molecule has 0 aromatic heterocycles. The molecule has 94 valence electrons. The first-order chi connectivity index (χ1) is 8.28. The monoisotopic (exact) mass is 232 g/mol. The summed E-state index contributed by atoms with van der Waals surface area (Å²) >= 11 is 0. The molecule has 0 aliphatic heterocycles. The largest absolute Gasteiger partial charge is 0.326 e. The molecule has 1 aromatic rings. The van der Waals surface area contributed by atoms with Gasteiger partial charge in [0.1, 0.15) is 0 Å². The highest BCUT2D eigenvalue weighted by molar-refractivity contribution is 5.22. The molecule has 2 rings (SSSR count). The molecular weight excluding hydrogens is 208 g/mol. The van der Waals surface area contributed by atoms with E-state index in [1.165, 1.54) is 43.4 Å². The van der Waals surface area contributed by atoms with E-state index in [0.717, 1.165) is 6.54 Å². The Morgan fingerprint density at radius 2 is 1.82 bits per heavy atom. The molecule has 17 heavy (non-hydrogen) atoms. The number of nitrogens with one attached hydrogen (secondary N) is 1. The van der Waals surface area contributed by atoms with Crippen LogP contribution < -0.4 is 11.1 Å². The van der Waals surface area contributed by atoms with Crippen molar-refractivity contribution in [3.05, 3.63) is 35.4 Å². The van der Waals surface area contributed by atoms with Gasteiger partial charge in [-0.05, 0) is 35.8 Å². The molecule has 0 unspecified atom stereocenters. The van der Waals surface area contributed by atoms with Gasteiger partial charge >= 0.3 is 0 Å². The standard InChI is InChI=1S/C15H24N2/c1-2-15(8-3-9-15)12-17-11-14-6-4-13(10-16)5-7-14/h4-7,17H,2-3,8-12,16H2,1H3. The van der Waals surface area contributed by atoms with Crippen LogP contribution >= 0.6 is 0 Å². The predicted molar refractivity (Wildman–Crippen MR) is 72.6 cm³/mol. The lowest BCUT2D eigenvalue weighted by Gasteiger charge is -2.41. The fourth-order valence-corrected chi connectivity index (χ4v) is 2.60. The maximum Gasteiger partial charge on any atom is 0.0205 e. The molecule has 0 bridgehead atoms. The van der Waals surface area contributed by atoms with Crippen LogP contribution in [-0.4, -0.2) is 6.54 Å². The zero-order chi connectivity index (χ0) is 12.1. The molecule has 1 aromatic carbocycles. The molecular formula is C15H24N2. The molecule has 0 heterocycles. The molecule has 1 fully saturated rings. The zero-order valence-electron chi connectivity index (χ0n) is 10.8. The van der Waals surface area contributed by atoms with Gasteiger partial charge in [-0.15, -0.1) is 0 Å². The van der Waals surface area contributed by atoms with Crippen LogP contribution in [0.4, 0.5) is 0 Å². The Morgan fingerprint density at radius 1 is 1.18 bits per heavy atom. The summed E-state index contributed by atoms with van der Waals surface area (Å²) in [5, 5.41) is 3.60. The van der Waals surface area contributed by atoms with Crippen LogP contribution in [0.25, 0.3) is 0 Å². The zero-order valence-corrected chi connectivity index (χ0v) is 10.8. The van der Waals surface area contributed by atoms with E-state index in [2.05, 4.69) is 36.5 Å². The minimum atomic E-state index is 0.608. The summed E-state index contributed by atoms with van der Waals surface area (Å²) in [6.07, 6.45) is 5.54. The van der Waals surface area contributed by atoms with Gasteiger partial charge in [-0.25, -0.2) is 0 Å². The van der Waals surface area contributed by atoms with Crippen molar-refractivity contribution in [2.24, 2.45) is 11.1 Å². The van der Waals surface area contributed by atoms with Crippen molar-refractivity contribution in [2.75, 3.05) is 6.54 Å². The lowest BCUT2D eigenvalue weighted by atomic mass is 9.67. The molecule has 3 N–H and O–H groups in total. The average Bonchev–Trinajstić information content (AvgIpc) is 2.33. The Bertz CT molecular complexity index is 333. The van der Waals surface area contributed by atoms with E-state index in [4.69, 9.17) is 5.73 Å². The van der Waals surface area contributed by atoms with E-state index in [-0.39, 0.29) is 0 Å². The van der Waals surface area contributed by atoms with Gasteiger partial charge in [0.15, 0.2) is 0 Å². The Morgan fingerprint density at radius 3 is 2.29 bits per heavy atom. The second-order valence-corrected chi connectivity index (χ2v) is 5.33. The number of hydrogen-bond acceptors (Lipinski definition) is 2. The van der Waals surface area contributed by atoms with Crippen molar-refractivity contribution in [1.29, 1.82) is 0 Å². The molecule has 0 atom stereocenters. The minimum absolute atomic E-state index is 0.608. The van der Waals surface area contributed by atoms with Gasteiger partial charge in [0, 0.05) is 19.6 Å². The Kier molecular flexibility index (Phi) is 4.19. The number of nitrogens with two attached hydrogens (primary N) is 1. The fourth-order valence-electron chi connectivity index (χ4n) is 2.60. The van der Waals surface area contributed by atoms with Crippen molar-refractivity contribution in [3.63, 3.8) is 0 Å². The van der Waals surface area contributed by atoms with Gasteiger partial charge in [-0.3, -0.25) is 0 Å². The van der Waals surface area contributed by atoms with Crippen molar-refractivity contribution >= 4 is 0 Å². The maximum absolute atomic E-state index is 5.59. The van der Waals surface area contributed by atoms with Gasteiger partial charge in [-0.1, -0.05) is 37.6 Å². The second kappa shape index (κ2) is 5.65. The third-order valence-electron chi connectivity index (χ3n) is 4.25. The van der Waals surface area contributed by atoms with E-state index in [9.17, 15) is 0 Å². The lowest BCUT2D eigenvalue weighted by molar-refractivity contribution is 0.124. The van der Waals surface area contributed by atoms with E-state index in [1.807, 2.05) is 0 Å². The van der Waals surface area contributed by atoms with Gasteiger partial charge in [0.25, 0.3) is 0 Å². The molecule has 0 spiro atoms. The highest BCUT2D eigenvalue weighted by atomic mass is 14.9. The topological polar surface area (TPSA) is 38.0 Å². The third-order valence-corrected chi connectivity index (χ3v) is 4.25. The van der Waals surface area contributed by atoms with Crippen LogP contribution in [0, 0.1) is 5.41 Å². The van der Waals surface area contributed by atoms with Crippen LogP contribution in [0.1, 0.15) is 43.7 Å². The van der Waals surface area contributed by atoms with Crippen LogP contribution in [0.15, 0.2) is 24.3 Å². The molecule has 1 aliphatic rings. The van der Waals surface area contributed by atoms with Crippen molar-refractivity contribution in [3.8, 4) is 0 Å². The molecule has 0 radical (unpaired) electrons. The highest BCUT2D eigenvalue weighted by Crippen LogP contribution is 2.43. The molecule has 1 aliphatic carbocycles. The number of hydrogen-bond donors (Lipinski definition) is 2. The van der Waals surface area contributed by atoms with Gasteiger partial charge in [0.05, 0.1) is 0 Å². The van der Waals surface area contributed by atoms with Crippen LogP contribution in [0.5, 0.6) is 0 Å². The molecule has 2 heteroatoms. The van der Waals surface area contributed by atoms with E-state index in [1.54, 1.807) is 0 Å². The summed E-state index contributed by atoms with van der Waals surface area (Å²) in [5.74, 6) is 0. The fraction of sp³-hybridized carbons (Fsp3) is 0.600. The summed E-state index contributed by atoms with van der Waals surface area (Å²) in [6.45, 7) is 5.10. The Hall–Kier alpha value is -0.860. The average molecular weight is 232 g/mol. The molecule has 0 amide bonds. The summed E-state index contributed by atoms with van der Waals surface area (Å²) in [5.41, 5.74) is 8.75. The number of benzene rings is 1. The maximum atomic E-state index is 5.59. The van der Waals surface area contributed by atoms with Crippen LogP contribution in [-0.2, 0) is 13.1 Å². The summed E-state index contributed by atoms with van der Waals surface area (Å²) in [4.78, 5) is 0. The normalized spacial score (nSPS) is 17.8. The first-order valence-electron chi connectivity index (χ1n) is 6.77. The van der Waals surface area contributed by atoms with E-state index >= 15 is 0 Å². The Balaban J connectivity index is 1.77. The Labute approximate surface area is 105 Å². The minimum Gasteiger partial charge on any atom is -0.326 e. The highest BCUT2D eigenvalue weighted by Gasteiger charge is 2.34. The van der Waals surface area contributed by atoms with Crippen molar-refractivity contribution in [2.45, 2.75) is 45.7 Å². The third kappa shape index (κ3) is 3.08. The van der Waals surface area contributed by atoms with Gasteiger partial charge in [0.2, 0.25) is 0 Å². The first kappa shape index (κ1) is 12.6. The van der Waals surface area contributed by atoms with Crippen molar-refractivity contribution < 1.29 is 0 Å². The SMILES string of the molecule is CCC1(CNCc2ccc(CN)cc2)CCC1. The van der Waals surface area contributed by atoms with E-state index < -0.39 is 0 Å². The van der Waals surface area contributed by atoms with Gasteiger partial charge in [-0.2, -0.15) is 0 Å². The van der Waals surface area contributed by atoms with Crippen molar-refractivity contribution in [1.82, 2.24) is 5.32 Å². The summed E-state index contributed by atoms with van der Waals surface area (Å²) in [7, 11) is 0. The lowest BCUT2D eigenvalue weighted by Crippen LogP contribution is -2.39. The summed E-state index contributed by atoms with van der Waals surface area (Å²) in [6, 6.07) is 8.59. The van der Waals surface area contributed by atoms with E-state index in [0.29, 0.717) is 12.0 Å². The van der Waals surface area contributed by atoms with Crippen LogP contribution in [0.2, 0.25) is 0 Å². The van der Waals surface area contributed by atoms with Gasteiger partial charge < -0.3 is 11.1 Å². The molecule has 2 nitrogen and oxygen atoms in total. The number of rotatable bonds is 6.